The van der Waals surface area contributed by atoms with Gasteiger partial charge in [0.1, 0.15) is 5.75 Å². The van der Waals surface area contributed by atoms with Gasteiger partial charge in [0.2, 0.25) is 0 Å². The van der Waals surface area contributed by atoms with Gasteiger partial charge in [0.25, 0.3) is 5.91 Å². The van der Waals surface area contributed by atoms with Gasteiger partial charge in [-0.15, -0.1) is 10.2 Å². The molecule has 110 valence electrons. The summed E-state index contributed by atoms with van der Waals surface area (Å²) in [6.45, 7) is -2.24. The molecule has 2 aromatic rings. The summed E-state index contributed by atoms with van der Waals surface area (Å²) in [5, 5.41) is 12.2. The van der Waals surface area contributed by atoms with Gasteiger partial charge >= 0.3 is 0 Å². The third-order valence-corrected chi connectivity index (χ3v) is 2.92. The minimum absolute atomic E-state index is 0.0812. The molecule has 0 aliphatic rings. The Hall–Kier alpha value is -2.34. The second kappa shape index (κ2) is 6.90. The topological polar surface area (TPSA) is 76.1 Å². The molecule has 0 aliphatic heterocycles. The molecule has 1 aromatic heterocycles. The third kappa shape index (κ3) is 3.82. The lowest BCUT2D eigenvalue weighted by Crippen LogP contribution is -2.21. The Morgan fingerprint density at radius 2 is 2.14 bits per heavy atom. The van der Waals surface area contributed by atoms with Crippen LogP contribution in [0.3, 0.4) is 0 Å². The number of benzene rings is 1. The average molecular weight is 310 g/mol. The lowest BCUT2D eigenvalue weighted by atomic mass is 10.2. The van der Waals surface area contributed by atoms with Crippen LogP contribution >= 0.6 is 11.6 Å². The molecular weight excluding hydrogens is 292 g/mol. The fourth-order valence-electron chi connectivity index (χ4n) is 1.67. The Morgan fingerprint density at radius 1 is 1.38 bits per heavy atom. The zero-order chi connectivity index (χ0) is 17.7. The van der Waals surface area contributed by atoms with Crippen LogP contribution in [0.15, 0.2) is 30.3 Å². The zero-order valence-electron chi connectivity index (χ0n) is 14.2. The van der Waals surface area contributed by atoms with Crippen molar-refractivity contribution < 1.29 is 13.6 Å². The molecule has 1 heterocycles. The molecule has 1 aromatic carbocycles. The van der Waals surface area contributed by atoms with Gasteiger partial charge in [-0.1, -0.05) is 23.7 Å². The number of hydrogen-bond acceptors (Lipinski definition) is 5. The molecule has 0 fully saturated rings. The van der Waals surface area contributed by atoms with Gasteiger partial charge in [-0.3, -0.25) is 4.79 Å². The molecule has 0 radical (unpaired) electrons. The Bertz CT molecular complexity index is 723. The van der Waals surface area contributed by atoms with Gasteiger partial charge in [0, 0.05) is 23.7 Å². The number of nitrogens with zero attached hydrogens (tertiary/aromatic N) is 2. The summed E-state index contributed by atoms with van der Waals surface area (Å²) in [4.78, 5) is 12.0. The number of hydrogen-bond donors (Lipinski definition) is 2. The van der Waals surface area contributed by atoms with E-state index in [1.54, 1.807) is 19.2 Å². The van der Waals surface area contributed by atoms with Crippen LogP contribution in [0.5, 0.6) is 5.75 Å². The number of methoxy groups -OCH3 is 1. The summed E-state index contributed by atoms with van der Waals surface area (Å²) in [6, 6.07) is 8.72. The van der Waals surface area contributed by atoms with Crippen LogP contribution in [0, 0.1) is 0 Å². The van der Waals surface area contributed by atoms with Crippen LogP contribution in [-0.2, 0) is 6.54 Å². The fraction of sp³-hybridized carbons (Fsp3) is 0.214. The van der Waals surface area contributed by atoms with Crippen molar-refractivity contribution in [1.29, 1.82) is 0 Å². The maximum Gasteiger partial charge on any atom is 0.273 e. The largest absolute Gasteiger partial charge is 0.497 e. The summed E-state index contributed by atoms with van der Waals surface area (Å²) in [7, 11) is 1.58. The van der Waals surface area contributed by atoms with Crippen molar-refractivity contribution in [2.45, 2.75) is 6.54 Å². The van der Waals surface area contributed by atoms with E-state index in [1.165, 1.54) is 6.07 Å². The van der Waals surface area contributed by atoms with Crippen molar-refractivity contribution in [3.8, 4) is 5.75 Å². The summed E-state index contributed by atoms with van der Waals surface area (Å²) in [5.41, 5.74) is 1.06. The molecule has 1 amide bonds. The first kappa shape index (κ1) is 11.3. The summed E-state index contributed by atoms with van der Waals surface area (Å²) >= 11 is 5.80. The van der Waals surface area contributed by atoms with Crippen LogP contribution in [0.2, 0.25) is 5.15 Å². The number of nitrogens with one attached hydrogen (secondary N) is 2. The fourth-order valence-corrected chi connectivity index (χ4v) is 1.82. The van der Waals surface area contributed by atoms with E-state index in [-0.39, 0.29) is 16.5 Å². The molecule has 0 bridgehead atoms. The third-order valence-electron chi connectivity index (χ3n) is 2.73. The maximum absolute atomic E-state index is 12.0. The molecule has 21 heavy (non-hydrogen) atoms. The highest BCUT2D eigenvalue weighted by Crippen LogP contribution is 2.18. The van der Waals surface area contributed by atoms with E-state index in [0.29, 0.717) is 6.54 Å². The molecule has 2 N–H and O–H groups in total. The van der Waals surface area contributed by atoms with E-state index >= 15 is 0 Å². The Kier molecular flexibility index (Phi) is 3.72. The second-order valence-corrected chi connectivity index (χ2v) is 4.47. The number of amides is 1. The molecule has 0 saturated heterocycles. The zero-order valence-corrected chi connectivity index (χ0v) is 11.9. The van der Waals surface area contributed by atoms with E-state index in [2.05, 4.69) is 15.5 Å². The van der Waals surface area contributed by atoms with Crippen LogP contribution in [0.1, 0.15) is 20.2 Å². The lowest BCUT2D eigenvalue weighted by molar-refractivity contribution is 0.0958. The normalized spacial score (nSPS) is 12.8. The molecule has 6 nitrogen and oxygen atoms in total. The molecule has 0 saturated carbocycles. The van der Waals surface area contributed by atoms with Gasteiger partial charge in [-0.05, 0) is 17.7 Å². The predicted octanol–water partition coefficient (Wildman–Crippen LogP) is 2.11. The molecule has 7 heteroatoms. The minimum Gasteiger partial charge on any atom is -0.497 e. The molecular formula is C14H15ClN4O2. The number of anilines is 1. The quantitative estimate of drug-likeness (QED) is 0.884. The van der Waals surface area contributed by atoms with Gasteiger partial charge < -0.3 is 15.4 Å². The standard InChI is InChI=1S/C14H15ClN4O2/c1-16-14(20)13-11(7-12(15)18-19-13)17-8-9-3-5-10(21-2)6-4-9/h3-7H,8H2,1-2H3,(H,16,20)(H,17,18)/i1D3. The van der Waals surface area contributed by atoms with E-state index in [1.807, 2.05) is 17.4 Å². The van der Waals surface area contributed by atoms with Gasteiger partial charge in [-0.25, -0.2) is 0 Å². The van der Waals surface area contributed by atoms with Gasteiger partial charge in [-0.2, -0.15) is 0 Å². The predicted molar refractivity (Wildman–Crippen MR) is 80.8 cm³/mol. The van der Waals surface area contributed by atoms with Crippen molar-refractivity contribution in [3.05, 3.63) is 46.7 Å². The molecule has 0 unspecified atom stereocenters. The minimum atomic E-state index is -2.62. The van der Waals surface area contributed by atoms with Crippen LogP contribution in [0.25, 0.3) is 0 Å². The van der Waals surface area contributed by atoms with Crippen molar-refractivity contribution in [3.63, 3.8) is 0 Å². The van der Waals surface area contributed by atoms with Crippen LogP contribution < -0.4 is 15.4 Å². The highest BCUT2D eigenvalue weighted by molar-refractivity contribution is 6.29. The molecule has 0 aliphatic carbocycles. The first-order chi connectivity index (χ1) is 11.3. The first-order valence-electron chi connectivity index (χ1n) is 7.51. The summed E-state index contributed by atoms with van der Waals surface area (Å²) in [5.74, 6) is -0.137. The van der Waals surface area contributed by atoms with Crippen LogP contribution in [0.4, 0.5) is 5.69 Å². The lowest BCUT2D eigenvalue weighted by Gasteiger charge is -2.10. The van der Waals surface area contributed by atoms with Gasteiger partial charge in [0.15, 0.2) is 10.8 Å². The van der Waals surface area contributed by atoms with E-state index in [4.69, 9.17) is 20.5 Å². The number of carbonyl (C=O) groups excluding carboxylic acids is 1. The van der Waals surface area contributed by atoms with Crippen molar-refractivity contribution in [2.24, 2.45) is 0 Å². The number of rotatable bonds is 5. The second-order valence-electron chi connectivity index (χ2n) is 4.09. The highest BCUT2D eigenvalue weighted by atomic mass is 35.5. The first-order valence-corrected chi connectivity index (χ1v) is 6.39. The number of carbonyl (C=O) groups is 1. The van der Waals surface area contributed by atoms with E-state index in [0.717, 1.165) is 11.3 Å². The number of ether oxygens (including phenoxy) is 1. The summed E-state index contributed by atoms with van der Waals surface area (Å²) < 4.78 is 26.4. The van der Waals surface area contributed by atoms with E-state index < -0.39 is 12.9 Å². The van der Waals surface area contributed by atoms with E-state index in [9.17, 15) is 4.79 Å². The molecule has 0 atom stereocenters. The van der Waals surface area contributed by atoms with Gasteiger partial charge in [0.05, 0.1) is 12.8 Å². The van der Waals surface area contributed by atoms with Crippen molar-refractivity contribution in [1.82, 2.24) is 15.5 Å². The van der Waals surface area contributed by atoms with Crippen molar-refractivity contribution in [2.75, 3.05) is 19.4 Å². The van der Waals surface area contributed by atoms with Crippen LogP contribution in [-0.4, -0.2) is 30.2 Å². The Morgan fingerprint density at radius 3 is 2.81 bits per heavy atom. The monoisotopic (exact) mass is 309 g/mol. The SMILES string of the molecule is [2H]C([2H])([2H])NC(=O)c1nnc(Cl)cc1NCc1ccc(OC)cc1. The molecule has 0 spiro atoms. The highest BCUT2D eigenvalue weighted by Gasteiger charge is 2.13. The molecule has 2 rings (SSSR count). The Balaban J connectivity index is 2.16. The average Bonchev–Trinajstić information content (AvgIpc) is 2.51. The summed E-state index contributed by atoms with van der Waals surface area (Å²) in [6.07, 6.45) is 0. The van der Waals surface area contributed by atoms with Crippen molar-refractivity contribution >= 4 is 23.2 Å². The number of halogens is 1. The number of aromatic nitrogens is 2. The smallest absolute Gasteiger partial charge is 0.273 e. The Labute approximate surface area is 131 Å². The maximum atomic E-state index is 12.0.